The molecular formula is C9H20F2O. The topological polar surface area (TPSA) is 31.5 Å². The lowest BCUT2D eigenvalue weighted by Crippen LogP contribution is -2.28. The van der Waals surface area contributed by atoms with Crippen LogP contribution in [-0.2, 0) is 0 Å². The lowest BCUT2D eigenvalue weighted by atomic mass is 9.87. The molecule has 0 spiro atoms. The number of alkyl halides is 2. The van der Waals surface area contributed by atoms with Crippen molar-refractivity contribution < 1.29 is 14.3 Å². The minimum Gasteiger partial charge on any atom is -0.412 e. The van der Waals surface area contributed by atoms with Gasteiger partial charge in [0, 0.05) is 5.92 Å². The second kappa shape index (κ2) is 7.47. The van der Waals surface area contributed by atoms with E-state index in [1.54, 1.807) is 6.92 Å². The van der Waals surface area contributed by atoms with E-state index in [9.17, 15) is 8.78 Å². The van der Waals surface area contributed by atoms with Crippen molar-refractivity contribution in [3.05, 3.63) is 0 Å². The first-order chi connectivity index (χ1) is 5.22. The summed E-state index contributed by atoms with van der Waals surface area (Å²) >= 11 is 0. The molecule has 0 aromatic carbocycles. The van der Waals surface area contributed by atoms with Crippen LogP contribution in [0.3, 0.4) is 0 Å². The smallest absolute Gasteiger partial charge is 0.105 e. The molecule has 0 aliphatic heterocycles. The predicted molar refractivity (Wildman–Crippen MR) is 47.8 cm³/mol. The van der Waals surface area contributed by atoms with Gasteiger partial charge >= 0.3 is 0 Å². The van der Waals surface area contributed by atoms with Crippen molar-refractivity contribution in [2.24, 2.45) is 5.92 Å². The highest BCUT2D eigenvalue weighted by atomic mass is 19.1. The first-order valence-electron chi connectivity index (χ1n) is 4.50. The van der Waals surface area contributed by atoms with Gasteiger partial charge in [0.25, 0.3) is 0 Å². The van der Waals surface area contributed by atoms with Crippen LogP contribution in [0.4, 0.5) is 8.78 Å². The molecule has 76 valence electrons. The zero-order valence-electron chi connectivity index (χ0n) is 8.11. The Morgan fingerprint density at radius 3 is 1.58 bits per heavy atom. The molecular weight excluding hydrogens is 162 g/mol. The Balaban J connectivity index is 0. The molecule has 12 heavy (non-hydrogen) atoms. The zero-order chi connectivity index (χ0) is 8.85. The fraction of sp³-hybridized carbons (Fsp3) is 1.00. The summed E-state index contributed by atoms with van der Waals surface area (Å²) in [7, 11) is 0. The van der Waals surface area contributed by atoms with Crippen LogP contribution in [0.25, 0.3) is 0 Å². The van der Waals surface area contributed by atoms with E-state index in [0.717, 1.165) is 0 Å². The maximum absolute atomic E-state index is 12.6. The average Bonchev–Trinajstić information content (AvgIpc) is 2.04. The highest BCUT2D eigenvalue weighted by Crippen LogP contribution is 2.28. The standard InChI is InChI=1S/C7H12F2.C2H6.H2O/c1-5-6(8)3-2-4-7(5)9;1-2;/h5-7H,2-4H2,1H3;1-2H3;1H2. The predicted octanol–water partition coefficient (Wildman–Crippen LogP) is 2.68. The molecule has 0 radical (unpaired) electrons. The molecule has 0 aromatic rings. The Morgan fingerprint density at radius 1 is 1.00 bits per heavy atom. The van der Waals surface area contributed by atoms with Gasteiger partial charge in [0.05, 0.1) is 0 Å². The first-order valence-corrected chi connectivity index (χ1v) is 4.50. The Labute approximate surface area is 73.5 Å². The fourth-order valence-electron chi connectivity index (χ4n) is 1.26. The van der Waals surface area contributed by atoms with E-state index in [-0.39, 0.29) is 11.4 Å². The van der Waals surface area contributed by atoms with E-state index in [1.165, 1.54) is 0 Å². The van der Waals surface area contributed by atoms with Crippen molar-refractivity contribution in [3.63, 3.8) is 0 Å². The van der Waals surface area contributed by atoms with Gasteiger partial charge in [-0.05, 0) is 19.3 Å². The van der Waals surface area contributed by atoms with Crippen molar-refractivity contribution in [2.45, 2.75) is 52.4 Å². The normalized spacial score (nSPS) is 34.2. The van der Waals surface area contributed by atoms with Gasteiger partial charge in [0.1, 0.15) is 12.3 Å². The van der Waals surface area contributed by atoms with Crippen molar-refractivity contribution in [1.82, 2.24) is 0 Å². The average molecular weight is 182 g/mol. The maximum atomic E-state index is 12.6. The van der Waals surface area contributed by atoms with E-state index < -0.39 is 12.3 Å². The quantitative estimate of drug-likeness (QED) is 0.551. The summed E-state index contributed by atoms with van der Waals surface area (Å²) in [5.41, 5.74) is 0. The monoisotopic (exact) mass is 182 g/mol. The van der Waals surface area contributed by atoms with Crippen LogP contribution in [-0.4, -0.2) is 17.8 Å². The molecule has 1 aliphatic rings. The number of halogens is 2. The lowest BCUT2D eigenvalue weighted by molar-refractivity contribution is 0.0882. The molecule has 1 fully saturated rings. The first kappa shape index (κ1) is 14.3. The van der Waals surface area contributed by atoms with E-state index in [2.05, 4.69) is 0 Å². The molecule has 0 saturated heterocycles. The molecule has 3 heteroatoms. The third-order valence-corrected chi connectivity index (χ3v) is 2.10. The van der Waals surface area contributed by atoms with E-state index >= 15 is 0 Å². The third-order valence-electron chi connectivity index (χ3n) is 2.10. The maximum Gasteiger partial charge on any atom is 0.105 e. The second-order valence-corrected chi connectivity index (χ2v) is 2.82. The molecule has 0 bridgehead atoms. The van der Waals surface area contributed by atoms with Crippen molar-refractivity contribution in [2.75, 3.05) is 0 Å². The van der Waals surface area contributed by atoms with Gasteiger partial charge in [-0.15, -0.1) is 0 Å². The summed E-state index contributed by atoms with van der Waals surface area (Å²) in [6.45, 7) is 5.65. The summed E-state index contributed by atoms with van der Waals surface area (Å²) in [6.07, 6.45) is 0.0399. The Bertz CT molecular complexity index is 88.5. The molecule has 0 aromatic heterocycles. The van der Waals surface area contributed by atoms with Crippen LogP contribution < -0.4 is 0 Å². The van der Waals surface area contributed by atoms with Gasteiger partial charge < -0.3 is 5.48 Å². The summed E-state index contributed by atoms with van der Waals surface area (Å²) in [5, 5.41) is 0. The Kier molecular flexibility index (Phi) is 8.93. The highest BCUT2D eigenvalue weighted by Gasteiger charge is 2.29. The third kappa shape index (κ3) is 4.00. The van der Waals surface area contributed by atoms with Crippen LogP contribution in [0.5, 0.6) is 0 Å². The minimum atomic E-state index is -0.895. The number of rotatable bonds is 0. The molecule has 0 heterocycles. The van der Waals surface area contributed by atoms with Gasteiger partial charge in [-0.3, -0.25) is 0 Å². The fourth-order valence-corrected chi connectivity index (χ4v) is 1.26. The largest absolute Gasteiger partial charge is 0.412 e. The Hall–Kier alpha value is -0.180. The molecule has 1 aliphatic carbocycles. The van der Waals surface area contributed by atoms with Crippen molar-refractivity contribution in [3.8, 4) is 0 Å². The molecule has 1 rings (SSSR count). The lowest BCUT2D eigenvalue weighted by Gasteiger charge is -2.25. The van der Waals surface area contributed by atoms with Gasteiger partial charge in [-0.1, -0.05) is 20.8 Å². The molecule has 2 atom stereocenters. The van der Waals surface area contributed by atoms with Gasteiger partial charge in [0.2, 0.25) is 0 Å². The van der Waals surface area contributed by atoms with Crippen LogP contribution in [0.1, 0.15) is 40.0 Å². The Morgan fingerprint density at radius 2 is 1.33 bits per heavy atom. The highest BCUT2D eigenvalue weighted by molar-refractivity contribution is 4.78. The van der Waals surface area contributed by atoms with Crippen LogP contribution in [0.15, 0.2) is 0 Å². The molecule has 2 unspecified atom stereocenters. The summed E-state index contributed by atoms with van der Waals surface area (Å²) < 4.78 is 25.2. The zero-order valence-corrected chi connectivity index (χ0v) is 8.11. The van der Waals surface area contributed by atoms with Gasteiger partial charge in [-0.2, -0.15) is 0 Å². The van der Waals surface area contributed by atoms with E-state index in [4.69, 9.17) is 0 Å². The summed E-state index contributed by atoms with van der Waals surface area (Å²) in [4.78, 5) is 0. The molecule has 1 nitrogen and oxygen atoms in total. The van der Waals surface area contributed by atoms with Crippen molar-refractivity contribution >= 4 is 0 Å². The van der Waals surface area contributed by atoms with Crippen LogP contribution in [0, 0.1) is 5.92 Å². The minimum absolute atomic E-state index is 0. The van der Waals surface area contributed by atoms with E-state index in [1.807, 2.05) is 13.8 Å². The molecule has 0 amide bonds. The van der Waals surface area contributed by atoms with E-state index in [0.29, 0.717) is 19.3 Å². The summed E-state index contributed by atoms with van der Waals surface area (Å²) in [6, 6.07) is 0. The van der Waals surface area contributed by atoms with Gasteiger partial charge in [-0.25, -0.2) is 8.78 Å². The van der Waals surface area contributed by atoms with Gasteiger partial charge in [0.15, 0.2) is 0 Å². The second-order valence-electron chi connectivity index (χ2n) is 2.82. The van der Waals surface area contributed by atoms with Crippen LogP contribution >= 0.6 is 0 Å². The summed E-state index contributed by atoms with van der Waals surface area (Å²) in [5.74, 6) is -0.362. The van der Waals surface area contributed by atoms with Crippen molar-refractivity contribution in [1.29, 1.82) is 0 Å². The molecule has 2 N–H and O–H groups in total. The SMILES string of the molecule is CC.CC1C(F)CCCC1F.O. The number of hydrogen-bond donors (Lipinski definition) is 0. The number of hydrogen-bond acceptors (Lipinski definition) is 0. The van der Waals surface area contributed by atoms with Crippen LogP contribution in [0.2, 0.25) is 0 Å². The molecule has 1 saturated carbocycles.